The zero-order valence-electron chi connectivity index (χ0n) is 10.0. The molecule has 5 heteroatoms. The van der Waals surface area contributed by atoms with Crippen molar-refractivity contribution >= 4 is 28.4 Å². The Morgan fingerprint density at radius 2 is 2.21 bits per heavy atom. The topological polar surface area (TPSA) is 65.5 Å². The number of hydrogen-bond donors (Lipinski definition) is 0. The van der Waals surface area contributed by atoms with Gasteiger partial charge in [-0.3, -0.25) is 4.98 Å². The molecule has 5 nitrogen and oxygen atoms in total. The van der Waals surface area contributed by atoms with E-state index in [1.54, 1.807) is 18.3 Å². The summed E-state index contributed by atoms with van der Waals surface area (Å²) in [6, 6.07) is 7.24. The van der Waals surface area contributed by atoms with Crippen molar-refractivity contribution in [2.45, 2.75) is 0 Å². The predicted molar refractivity (Wildman–Crippen MR) is 67.4 cm³/mol. The average molecular weight is 255 g/mol. The molecule has 2 aromatic rings. The second-order valence-corrected chi connectivity index (χ2v) is 3.99. The molecule has 0 aliphatic carbocycles. The largest absolute Gasteiger partial charge is 0.466 e. The lowest BCUT2D eigenvalue weighted by molar-refractivity contribution is -0.135. The van der Waals surface area contributed by atoms with Crippen molar-refractivity contribution in [1.82, 2.24) is 4.98 Å². The summed E-state index contributed by atoms with van der Waals surface area (Å²) in [4.78, 5) is 27.3. The van der Waals surface area contributed by atoms with Crippen LogP contribution in [0.1, 0.15) is 5.56 Å². The molecule has 0 N–H and O–H groups in total. The Morgan fingerprint density at radius 1 is 1.37 bits per heavy atom. The Hall–Kier alpha value is -2.69. The zero-order chi connectivity index (χ0) is 13.4. The van der Waals surface area contributed by atoms with Gasteiger partial charge in [0.2, 0.25) is 0 Å². The van der Waals surface area contributed by atoms with Crippen molar-refractivity contribution in [2.75, 3.05) is 7.11 Å². The molecule has 1 aromatic heterocycles. The fourth-order valence-corrected chi connectivity index (χ4v) is 2.00. The van der Waals surface area contributed by atoms with Gasteiger partial charge in [-0.25, -0.2) is 9.59 Å². The molecule has 1 aliphatic rings. The summed E-state index contributed by atoms with van der Waals surface area (Å²) in [7, 11) is 1.25. The zero-order valence-corrected chi connectivity index (χ0v) is 10.0. The van der Waals surface area contributed by atoms with Crippen molar-refractivity contribution in [3.05, 3.63) is 42.1 Å². The van der Waals surface area contributed by atoms with Crippen LogP contribution in [0.5, 0.6) is 5.75 Å². The molecule has 1 aliphatic heterocycles. The molecule has 0 amide bonds. The molecule has 94 valence electrons. The van der Waals surface area contributed by atoms with Crippen molar-refractivity contribution in [3.8, 4) is 5.75 Å². The van der Waals surface area contributed by atoms with Crippen LogP contribution in [0.2, 0.25) is 0 Å². The third-order valence-corrected chi connectivity index (χ3v) is 2.90. The van der Waals surface area contributed by atoms with Crippen LogP contribution in [-0.2, 0) is 14.3 Å². The second-order valence-electron chi connectivity index (χ2n) is 3.99. The molecule has 0 bridgehead atoms. The number of esters is 2. The molecule has 0 spiro atoms. The summed E-state index contributed by atoms with van der Waals surface area (Å²) in [6.07, 6.45) is 2.75. The first-order valence-corrected chi connectivity index (χ1v) is 5.60. The minimum Gasteiger partial charge on any atom is -0.466 e. The van der Waals surface area contributed by atoms with Gasteiger partial charge in [0.1, 0.15) is 5.52 Å². The van der Waals surface area contributed by atoms with Crippen molar-refractivity contribution in [1.29, 1.82) is 0 Å². The Morgan fingerprint density at radius 3 is 3.00 bits per heavy atom. The first-order chi connectivity index (χ1) is 9.20. The number of benzene rings is 1. The lowest BCUT2D eigenvalue weighted by Crippen LogP contribution is -2.04. The summed E-state index contributed by atoms with van der Waals surface area (Å²) < 4.78 is 9.72. The van der Waals surface area contributed by atoms with Crippen LogP contribution in [0.3, 0.4) is 0 Å². The normalized spacial score (nSPS) is 15.4. The predicted octanol–water partition coefficient (Wildman–Crippen LogP) is 1.71. The van der Waals surface area contributed by atoms with Gasteiger partial charge in [-0.2, -0.15) is 0 Å². The van der Waals surface area contributed by atoms with Crippen LogP contribution in [0, 0.1) is 0 Å². The fourth-order valence-electron chi connectivity index (χ4n) is 2.00. The molecule has 0 unspecified atom stereocenters. The summed E-state index contributed by atoms with van der Waals surface area (Å²) in [5, 5.41) is 0.869. The summed E-state index contributed by atoms with van der Waals surface area (Å²) >= 11 is 0. The van der Waals surface area contributed by atoms with Gasteiger partial charge >= 0.3 is 11.9 Å². The van der Waals surface area contributed by atoms with E-state index in [1.807, 2.05) is 12.1 Å². The highest BCUT2D eigenvalue weighted by Gasteiger charge is 2.30. The molecule has 0 atom stereocenters. The number of ether oxygens (including phenoxy) is 2. The van der Waals surface area contributed by atoms with Crippen LogP contribution < -0.4 is 4.74 Å². The SMILES string of the molecule is COC(=O)/C=C1\C(=O)Oc2c1ccc1cccnc21. The van der Waals surface area contributed by atoms with Gasteiger partial charge in [0.15, 0.2) is 5.75 Å². The van der Waals surface area contributed by atoms with Gasteiger partial charge in [0, 0.05) is 23.2 Å². The highest BCUT2D eigenvalue weighted by atomic mass is 16.5. The number of methoxy groups -OCH3 is 1. The Bertz CT molecular complexity index is 733. The highest BCUT2D eigenvalue weighted by molar-refractivity contribution is 6.26. The van der Waals surface area contributed by atoms with Crippen molar-refractivity contribution in [2.24, 2.45) is 0 Å². The van der Waals surface area contributed by atoms with E-state index in [2.05, 4.69) is 9.72 Å². The Balaban J connectivity index is 2.23. The van der Waals surface area contributed by atoms with E-state index in [0.717, 1.165) is 11.5 Å². The van der Waals surface area contributed by atoms with E-state index >= 15 is 0 Å². The Labute approximate surface area is 108 Å². The van der Waals surface area contributed by atoms with E-state index in [0.29, 0.717) is 16.8 Å². The van der Waals surface area contributed by atoms with Gasteiger partial charge in [-0.1, -0.05) is 12.1 Å². The third-order valence-electron chi connectivity index (χ3n) is 2.90. The minimum absolute atomic E-state index is 0.189. The van der Waals surface area contributed by atoms with Gasteiger partial charge in [0.25, 0.3) is 0 Å². The molecule has 3 rings (SSSR count). The van der Waals surface area contributed by atoms with Crippen LogP contribution in [-0.4, -0.2) is 24.0 Å². The number of pyridine rings is 1. The van der Waals surface area contributed by atoms with E-state index in [-0.39, 0.29) is 5.57 Å². The van der Waals surface area contributed by atoms with E-state index < -0.39 is 11.9 Å². The molecule has 19 heavy (non-hydrogen) atoms. The summed E-state index contributed by atoms with van der Waals surface area (Å²) in [5.74, 6) is -0.780. The highest BCUT2D eigenvalue weighted by Crippen LogP contribution is 2.38. The van der Waals surface area contributed by atoms with Gasteiger partial charge in [0.05, 0.1) is 12.7 Å². The number of fused-ring (bicyclic) bond motifs is 3. The smallest absolute Gasteiger partial charge is 0.344 e. The monoisotopic (exact) mass is 255 g/mol. The third kappa shape index (κ3) is 1.76. The number of nitrogens with zero attached hydrogens (tertiary/aromatic N) is 1. The van der Waals surface area contributed by atoms with Crippen LogP contribution in [0.4, 0.5) is 0 Å². The first-order valence-electron chi connectivity index (χ1n) is 5.60. The van der Waals surface area contributed by atoms with Crippen molar-refractivity contribution < 1.29 is 19.1 Å². The Kier molecular flexibility index (Phi) is 2.52. The van der Waals surface area contributed by atoms with Gasteiger partial charge in [-0.05, 0) is 12.1 Å². The molecule has 2 heterocycles. The number of carbonyl (C=O) groups excluding carboxylic acids is 2. The van der Waals surface area contributed by atoms with Crippen molar-refractivity contribution in [3.63, 3.8) is 0 Å². The summed E-state index contributed by atoms with van der Waals surface area (Å²) in [6.45, 7) is 0. The lowest BCUT2D eigenvalue weighted by atomic mass is 10.0. The number of aromatic nitrogens is 1. The molecule has 1 aromatic carbocycles. The molecule has 0 saturated heterocycles. The molecule has 0 saturated carbocycles. The van der Waals surface area contributed by atoms with E-state index in [4.69, 9.17) is 4.74 Å². The maximum atomic E-state index is 11.8. The van der Waals surface area contributed by atoms with Gasteiger partial charge < -0.3 is 9.47 Å². The second kappa shape index (κ2) is 4.20. The van der Waals surface area contributed by atoms with Crippen LogP contribution >= 0.6 is 0 Å². The number of hydrogen-bond acceptors (Lipinski definition) is 5. The molecular formula is C14H9NO4. The first kappa shape index (κ1) is 11.4. The maximum Gasteiger partial charge on any atom is 0.344 e. The lowest BCUT2D eigenvalue weighted by Gasteiger charge is -2.01. The minimum atomic E-state index is -0.596. The number of carbonyl (C=O) groups is 2. The maximum absolute atomic E-state index is 11.8. The van der Waals surface area contributed by atoms with E-state index in [9.17, 15) is 9.59 Å². The average Bonchev–Trinajstić information content (AvgIpc) is 2.75. The van der Waals surface area contributed by atoms with Gasteiger partial charge in [-0.15, -0.1) is 0 Å². The summed E-state index contributed by atoms with van der Waals surface area (Å²) in [5.41, 5.74) is 1.35. The van der Waals surface area contributed by atoms with E-state index in [1.165, 1.54) is 7.11 Å². The fraction of sp³-hybridized carbons (Fsp3) is 0.0714. The quantitative estimate of drug-likeness (QED) is 0.441. The van der Waals surface area contributed by atoms with Crippen LogP contribution in [0.15, 0.2) is 36.5 Å². The molecular weight excluding hydrogens is 246 g/mol. The molecule has 0 radical (unpaired) electrons. The number of rotatable bonds is 1. The standard InChI is InChI=1S/C14H9NO4/c1-18-11(16)7-10-9-5-4-8-3-2-6-15-12(8)13(9)19-14(10)17/h2-7H,1H3/b10-7-. The van der Waals surface area contributed by atoms with Crippen LogP contribution in [0.25, 0.3) is 16.5 Å². The molecule has 0 fully saturated rings.